The molecule has 0 aliphatic rings. The Morgan fingerprint density at radius 2 is 1.74 bits per heavy atom. The third kappa shape index (κ3) is 7.31. The molecule has 0 fully saturated rings. The van der Waals surface area contributed by atoms with Gasteiger partial charge in [-0.3, -0.25) is 9.59 Å². The molecule has 0 aliphatic carbocycles. The summed E-state index contributed by atoms with van der Waals surface area (Å²) in [6.45, 7) is 2.08. The van der Waals surface area contributed by atoms with Gasteiger partial charge in [0.1, 0.15) is 11.6 Å². The number of esters is 1. The number of pyridine rings is 1. The number of carbonyl (C=O) groups excluding carboxylic acids is 3. The number of hydrogen-bond acceptors (Lipinski definition) is 6. The van der Waals surface area contributed by atoms with Gasteiger partial charge < -0.3 is 20.1 Å². The van der Waals surface area contributed by atoms with Crippen molar-refractivity contribution in [2.75, 3.05) is 23.8 Å². The molecule has 0 saturated carbocycles. The molecule has 2 amide bonds. The number of ether oxygens (including phenoxy) is 2. The van der Waals surface area contributed by atoms with Crippen LogP contribution in [0, 0.1) is 0 Å². The quantitative estimate of drug-likeness (QED) is 0.313. The van der Waals surface area contributed by atoms with Crippen molar-refractivity contribution in [2.45, 2.75) is 19.8 Å². The number of anilines is 2. The van der Waals surface area contributed by atoms with Crippen LogP contribution in [0.15, 0.2) is 66.9 Å². The van der Waals surface area contributed by atoms with E-state index in [-0.39, 0.29) is 17.9 Å². The molecule has 176 valence electrons. The van der Waals surface area contributed by atoms with E-state index in [4.69, 9.17) is 21.1 Å². The second-order valence-corrected chi connectivity index (χ2v) is 7.65. The number of unbranched alkanes of at least 4 members (excludes halogenated alkanes) is 1. The smallest absolute Gasteiger partial charge is 0.338 e. The topological polar surface area (TPSA) is 107 Å². The molecule has 0 radical (unpaired) electrons. The van der Waals surface area contributed by atoms with Crippen molar-refractivity contribution in [3.63, 3.8) is 0 Å². The van der Waals surface area contributed by atoms with Gasteiger partial charge >= 0.3 is 5.97 Å². The maximum atomic E-state index is 12.6. The van der Waals surface area contributed by atoms with Crippen LogP contribution in [0.5, 0.6) is 5.75 Å². The van der Waals surface area contributed by atoms with E-state index in [2.05, 4.69) is 15.6 Å². The van der Waals surface area contributed by atoms with Gasteiger partial charge in [-0.05, 0) is 55.0 Å². The third-order valence-electron chi connectivity index (χ3n) is 4.59. The number of hydrogen-bond donors (Lipinski definition) is 2. The molecule has 1 heterocycles. The first-order chi connectivity index (χ1) is 16.5. The maximum absolute atomic E-state index is 12.6. The monoisotopic (exact) mass is 481 g/mol. The van der Waals surface area contributed by atoms with Crippen LogP contribution >= 0.6 is 11.6 Å². The first-order valence-corrected chi connectivity index (χ1v) is 11.1. The van der Waals surface area contributed by atoms with Crippen LogP contribution in [0.25, 0.3) is 0 Å². The van der Waals surface area contributed by atoms with E-state index in [9.17, 15) is 14.4 Å². The Morgan fingerprint density at radius 1 is 0.971 bits per heavy atom. The zero-order chi connectivity index (χ0) is 24.3. The molecule has 1 aromatic heterocycles. The van der Waals surface area contributed by atoms with Crippen molar-refractivity contribution < 1.29 is 23.9 Å². The molecule has 0 bridgehead atoms. The average molecular weight is 482 g/mol. The summed E-state index contributed by atoms with van der Waals surface area (Å²) < 4.78 is 10.7. The minimum absolute atomic E-state index is 0.245. The number of para-hydroxylation sites is 1. The van der Waals surface area contributed by atoms with Gasteiger partial charge in [-0.1, -0.05) is 37.1 Å². The fourth-order valence-electron chi connectivity index (χ4n) is 2.84. The fraction of sp³-hybridized carbons (Fsp3) is 0.200. The van der Waals surface area contributed by atoms with Crippen LogP contribution in [0.4, 0.5) is 11.5 Å². The molecule has 2 aromatic carbocycles. The Balaban J connectivity index is 1.54. The van der Waals surface area contributed by atoms with Crippen LogP contribution < -0.4 is 15.4 Å². The number of halogens is 1. The minimum atomic E-state index is -0.438. The Bertz CT molecular complexity index is 1130. The highest BCUT2D eigenvalue weighted by Crippen LogP contribution is 2.20. The molecule has 0 spiro atoms. The predicted octanol–water partition coefficient (Wildman–Crippen LogP) is 4.96. The van der Waals surface area contributed by atoms with E-state index in [1.165, 1.54) is 6.20 Å². The minimum Gasteiger partial charge on any atom is -0.483 e. The summed E-state index contributed by atoms with van der Waals surface area (Å²) in [5.74, 6) is -0.688. The summed E-state index contributed by atoms with van der Waals surface area (Å²) in [6.07, 6.45) is 3.17. The summed E-state index contributed by atoms with van der Waals surface area (Å²) in [6, 6.07) is 16.1. The highest BCUT2D eigenvalue weighted by atomic mass is 35.5. The SMILES string of the molecule is CCCCOC(=O)c1ccc(NC(=O)COc2ccccc2C(=O)Nc2ccc(Cl)cn2)cc1. The summed E-state index contributed by atoms with van der Waals surface area (Å²) in [7, 11) is 0. The van der Waals surface area contributed by atoms with Crippen LogP contribution in [0.1, 0.15) is 40.5 Å². The number of aromatic nitrogens is 1. The first kappa shape index (κ1) is 24.7. The van der Waals surface area contributed by atoms with E-state index in [0.717, 1.165) is 12.8 Å². The largest absolute Gasteiger partial charge is 0.483 e. The Hall–Kier alpha value is -3.91. The molecule has 3 rings (SSSR count). The van der Waals surface area contributed by atoms with Gasteiger partial charge in [0.15, 0.2) is 6.61 Å². The lowest BCUT2D eigenvalue weighted by molar-refractivity contribution is -0.118. The van der Waals surface area contributed by atoms with Crippen molar-refractivity contribution in [1.82, 2.24) is 4.98 Å². The van der Waals surface area contributed by atoms with Crippen LogP contribution in [0.3, 0.4) is 0 Å². The summed E-state index contributed by atoms with van der Waals surface area (Å²) in [4.78, 5) is 40.9. The molecule has 8 nitrogen and oxygen atoms in total. The number of benzene rings is 2. The lowest BCUT2D eigenvalue weighted by Crippen LogP contribution is -2.21. The van der Waals surface area contributed by atoms with E-state index < -0.39 is 17.8 Å². The van der Waals surface area contributed by atoms with E-state index in [0.29, 0.717) is 28.7 Å². The van der Waals surface area contributed by atoms with Gasteiger partial charge in [0.2, 0.25) is 0 Å². The highest BCUT2D eigenvalue weighted by molar-refractivity contribution is 6.30. The van der Waals surface area contributed by atoms with Crippen molar-refractivity contribution in [3.8, 4) is 5.75 Å². The van der Waals surface area contributed by atoms with E-state index in [1.807, 2.05) is 6.92 Å². The zero-order valence-electron chi connectivity index (χ0n) is 18.5. The van der Waals surface area contributed by atoms with Crippen LogP contribution in [-0.4, -0.2) is 36.0 Å². The van der Waals surface area contributed by atoms with Crippen molar-refractivity contribution in [2.24, 2.45) is 0 Å². The molecular formula is C25H24ClN3O5. The number of carbonyl (C=O) groups is 3. The summed E-state index contributed by atoms with van der Waals surface area (Å²) in [5.41, 5.74) is 1.15. The van der Waals surface area contributed by atoms with Gasteiger partial charge in [0.25, 0.3) is 11.8 Å². The second-order valence-electron chi connectivity index (χ2n) is 7.22. The van der Waals surface area contributed by atoms with Crippen molar-refractivity contribution >= 4 is 40.9 Å². The first-order valence-electron chi connectivity index (χ1n) is 10.7. The molecule has 34 heavy (non-hydrogen) atoms. The maximum Gasteiger partial charge on any atom is 0.338 e. The average Bonchev–Trinajstić information content (AvgIpc) is 2.85. The number of nitrogens with zero attached hydrogens (tertiary/aromatic N) is 1. The lowest BCUT2D eigenvalue weighted by atomic mass is 10.2. The van der Waals surface area contributed by atoms with Crippen molar-refractivity contribution in [3.05, 3.63) is 83.0 Å². The Labute approximate surface area is 202 Å². The highest BCUT2D eigenvalue weighted by Gasteiger charge is 2.14. The van der Waals surface area contributed by atoms with Crippen molar-refractivity contribution in [1.29, 1.82) is 0 Å². The molecule has 0 atom stereocenters. The molecule has 0 saturated heterocycles. The molecule has 3 aromatic rings. The third-order valence-corrected chi connectivity index (χ3v) is 4.82. The number of nitrogens with one attached hydrogen (secondary N) is 2. The predicted molar refractivity (Wildman–Crippen MR) is 129 cm³/mol. The summed E-state index contributed by atoms with van der Waals surface area (Å²) in [5, 5.41) is 5.79. The van der Waals surface area contributed by atoms with Crippen LogP contribution in [-0.2, 0) is 9.53 Å². The number of rotatable bonds is 10. The zero-order valence-corrected chi connectivity index (χ0v) is 19.3. The van der Waals surface area contributed by atoms with Gasteiger partial charge in [0.05, 0.1) is 22.8 Å². The molecule has 0 unspecified atom stereocenters. The normalized spacial score (nSPS) is 10.3. The molecular weight excluding hydrogens is 458 g/mol. The van der Waals surface area contributed by atoms with Gasteiger partial charge in [-0.25, -0.2) is 9.78 Å². The standard InChI is InChI=1S/C25H24ClN3O5/c1-2-3-14-33-25(32)17-8-11-19(12-9-17)28-23(30)16-34-21-7-5-4-6-20(21)24(31)29-22-13-10-18(26)15-27-22/h4-13,15H,2-3,14,16H2,1H3,(H,28,30)(H,27,29,31). The number of amides is 2. The van der Waals surface area contributed by atoms with E-state index in [1.54, 1.807) is 60.7 Å². The Morgan fingerprint density at radius 3 is 2.44 bits per heavy atom. The van der Waals surface area contributed by atoms with Gasteiger partial charge in [-0.2, -0.15) is 0 Å². The Kier molecular flexibility index (Phi) is 8.99. The van der Waals surface area contributed by atoms with Crippen LogP contribution in [0.2, 0.25) is 5.02 Å². The molecule has 0 aliphatic heterocycles. The molecule has 9 heteroatoms. The van der Waals surface area contributed by atoms with Gasteiger partial charge in [0, 0.05) is 11.9 Å². The fourth-order valence-corrected chi connectivity index (χ4v) is 2.95. The molecule has 2 N–H and O–H groups in total. The second kappa shape index (κ2) is 12.4. The van der Waals surface area contributed by atoms with Gasteiger partial charge in [-0.15, -0.1) is 0 Å². The lowest BCUT2D eigenvalue weighted by Gasteiger charge is -2.12. The summed E-state index contributed by atoms with van der Waals surface area (Å²) >= 11 is 5.81. The van der Waals surface area contributed by atoms with E-state index >= 15 is 0 Å².